The summed E-state index contributed by atoms with van der Waals surface area (Å²) in [6.45, 7) is 4.71. The summed E-state index contributed by atoms with van der Waals surface area (Å²) in [5.74, 6) is 1.94. The van der Waals surface area contributed by atoms with Crippen LogP contribution in [0.5, 0.6) is 0 Å². The lowest BCUT2D eigenvalue weighted by molar-refractivity contribution is -0.0709. The average molecular weight is 325 g/mol. The topological polar surface area (TPSA) is 40.5 Å². The van der Waals surface area contributed by atoms with E-state index in [1.165, 1.54) is 12.0 Å². The Morgan fingerprint density at radius 1 is 1.14 bits per heavy atom. The van der Waals surface area contributed by atoms with Gasteiger partial charge in [0.05, 0.1) is 17.6 Å². The van der Waals surface area contributed by atoms with E-state index in [-0.39, 0.29) is 28.4 Å². The summed E-state index contributed by atoms with van der Waals surface area (Å²) in [4.78, 5) is 0. The summed E-state index contributed by atoms with van der Waals surface area (Å²) in [5, 5.41) is 20.6. The first-order valence-corrected chi connectivity index (χ1v) is 9.49. The summed E-state index contributed by atoms with van der Waals surface area (Å²) in [5.41, 5.74) is 1.81. The molecule has 4 rings (SSSR count). The van der Waals surface area contributed by atoms with Gasteiger partial charge in [-0.3, -0.25) is 0 Å². The SMILES string of the molecule is C[C@]12CCC(O)CC1=CC[C@@H]1[C@H]2CC[C@]2(C)C(O)C(Cl)C[C@@H]12. The van der Waals surface area contributed by atoms with Crippen molar-refractivity contribution in [3.8, 4) is 0 Å². The molecule has 4 aliphatic rings. The molecule has 3 unspecified atom stereocenters. The summed E-state index contributed by atoms with van der Waals surface area (Å²) >= 11 is 6.45. The number of hydrogen-bond acceptors (Lipinski definition) is 2. The second kappa shape index (κ2) is 4.97. The van der Waals surface area contributed by atoms with Gasteiger partial charge in [0.2, 0.25) is 0 Å². The van der Waals surface area contributed by atoms with Crippen molar-refractivity contribution in [3.63, 3.8) is 0 Å². The van der Waals surface area contributed by atoms with Crippen LogP contribution in [0, 0.1) is 28.6 Å². The van der Waals surface area contributed by atoms with Crippen LogP contribution in [0.3, 0.4) is 0 Å². The lowest BCUT2D eigenvalue weighted by Gasteiger charge is -2.57. The van der Waals surface area contributed by atoms with Crippen molar-refractivity contribution in [1.29, 1.82) is 0 Å². The first kappa shape index (κ1) is 15.5. The van der Waals surface area contributed by atoms with Gasteiger partial charge in [-0.2, -0.15) is 0 Å². The molecule has 0 heterocycles. The molecule has 0 aromatic heterocycles. The molecule has 124 valence electrons. The van der Waals surface area contributed by atoms with Crippen molar-refractivity contribution in [1.82, 2.24) is 0 Å². The van der Waals surface area contributed by atoms with Crippen LogP contribution in [0.2, 0.25) is 0 Å². The van der Waals surface area contributed by atoms with Crippen molar-refractivity contribution in [2.24, 2.45) is 28.6 Å². The van der Waals surface area contributed by atoms with Crippen LogP contribution >= 0.6 is 11.6 Å². The number of aliphatic hydroxyl groups is 2. The summed E-state index contributed by atoms with van der Waals surface area (Å²) < 4.78 is 0. The van der Waals surface area contributed by atoms with Crippen LogP contribution in [0.1, 0.15) is 58.8 Å². The van der Waals surface area contributed by atoms with Crippen LogP contribution in [0.25, 0.3) is 0 Å². The normalized spacial score (nSPS) is 57.6. The summed E-state index contributed by atoms with van der Waals surface area (Å²) in [6, 6.07) is 0. The number of aliphatic hydroxyl groups excluding tert-OH is 2. The minimum atomic E-state index is -0.341. The third kappa shape index (κ3) is 1.93. The summed E-state index contributed by atoms with van der Waals surface area (Å²) in [6.07, 6.45) is 9.32. The third-order valence-electron chi connectivity index (χ3n) is 8.01. The van der Waals surface area contributed by atoms with Gasteiger partial charge in [0, 0.05) is 0 Å². The predicted molar refractivity (Wildman–Crippen MR) is 88.7 cm³/mol. The molecule has 4 aliphatic carbocycles. The number of fused-ring (bicyclic) bond motifs is 5. The first-order valence-electron chi connectivity index (χ1n) is 9.06. The molecule has 22 heavy (non-hydrogen) atoms. The zero-order valence-corrected chi connectivity index (χ0v) is 14.5. The van der Waals surface area contributed by atoms with Gasteiger partial charge >= 0.3 is 0 Å². The maximum absolute atomic E-state index is 10.6. The Kier molecular flexibility index (Phi) is 3.50. The van der Waals surface area contributed by atoms with E-state index in [9.17, 15) is 10.2 Å². The van der Waals surface area contributed by atoms with E-state index >= 15 is 0 Å². The molecule has 0 aliphatic heterocycles. The van der Waals surface area contributed by atoms with E-state index in [0.717, 1.165) is 38.5 Å². The Morgan fingerprint density at radius 3 is 2.68 bits per heavy atom. The van der Waals surface area contributed by atoms with Gasteiger partial charge in [-0.05, 0) is 73.5 Å². The average Bonchev–Trinajstić information content (AvgIpc) is 2.72. The van der Waals surface area contributed by atoms with Crippen molar-refractivity contribution in [2.45, 2.75) is 76.4 Å². The van der Waals surface area contributed by atoms with E-state index < -0.39 is 0 Å². The fourth-order valence-electron chi connectivity index (χ4n) is 6.59. The van der Waals surface area contributed by atoms with Gasteiger partial charge in [0.15, 0.2) is 0 Å². The minimum absolute atomic E-state index is 0.0173. The number of allylic oxidation sites excluding steroid dienone is 1. The van der Waals surface area contributed by atoms with Crippen LogP contribution in [-0.4, -0.2) is 27.8 Å². The van der Waals surface area contributed by atoms with Crippen molar-refractivity contribution < 1.29 is 10.2 Å². The molecule has 0 amide bonds. The van der Waals surface area contributed by atoms with Crippen LogP contribution in [0.4, 0.5) is 0 Å². The molecule has 3 fully saturated rings. The highest BCUT2D eigenvalue weighted by Gasteiger charge is 2.60. The van der Waals surface area contributed by atoms with Gasteiger partial charge in [-0.25, -0.2) is 0 Å². The molecule has 2 nitrogen and oxygen atoms in total. The van der Waals surface area contributed by atoms with Gasteiger partial charge in [-0.1, -0.05) is 25.5 Å². The standard InChI is InChI=1S/C19H29ClO2/c1-18-7-5-12(21)9-11(18)3-4-13-14(18)6-8-19(2)15(13)10-16(20)17(19)22/h3,12-17,21-22H,4-10H2,1-2H3/t12?,13-,14-,15+,16?,17?,18+,19+/m1/s1. The molecule has 0 radical (unpaired) electrons. The lowest BCUT2D eigenvalue weighted by Crippen LogP contribution is -2.51. The highest BCUT2D eigenvalue weighted by molar-refractivity contribution is 6.21. The fourth-order valence-corrected chi connectivity index (χ4v) is 7.07. The van der Waals surface area contributed by atoms with E-state index in [0.29, 0.717) is 17.8 Å². The molecule has 8 atom stereocenters. The van der Waals surface area contributed by atoms with Gasteiger partial charge < -0.3 is 10.2 Å². The van der Waals surface area contributed by atoms with E-state index in [1.807, 2.05) is 0 Å². The number of rotatable bonds is 0. The maximum Gasteiger partial charge on any atom is 0.0760 e. The zero-order valence-electron chi connectivity index (χ0n) is 13.8. The van der Waals surface area contributed by atoms with Gasteiger partial charge in [0.1, 0.15) is 0 Å². The predicted octanol–water partition coefficient (Wildman–Crippen LogP) is 3.89. The minimum Gasteiger partial charge on any atom is -0.393 e. The Labute approximate surface area is 138 Å². The Balaban J connectivity index is 1.68. The Bertz CT molecular complexity index is 504. The van der Waals surface area contributed by atoms with Gasteiger partial charge in [0.25, 0.3) is 0 Å². The quantitative estimate of drug-likeness (QED) is 0.524. The molecule has 0 saturated heterocycles. The highest BCUT2D eigenvalue weighted by Crippen LogP contribution is 2.65. The van der Waals surface area contributed by atoms with Crippen molar-refractivity contribution >= 4 is 11.6 Å². The molecule has 0 bridgehead atoms. The summed E-state index contributed by atoms with van der Waals surface area (Å²) in [7, 11) is 0. The zero-order chi connectivity index (χ0) is 15.7. The van der Waals surface area contributed by atoms with E-state index in [4.69, 9.17) is 11.6 Å². The molecular weight excluding hydrogens is 296 g/mol. The molecule has 0 spiro atoms. The van der Waals surface area contributed by atoms with E-state index in [2.05, 4.69) is 19.9 Å². The fraction of sp³-hybridized carbons (Fsp3) is 0.895. The number of alkyl halides is 1. The Hall–Kier alpha value is -0.0500. The maximum atomic E-state index is 10.6. The monoisotopic (exact) mass is 324 g/mol. The highest BCUT2D eigenvalue weighted by atomic mass is 35.5. The molecular formula is C19H29ClO2. The van der Waals surface area contributed by atoms with E-state index in [1.54, 1.807) is 0 Å². The molecule has 0 aromatic carbocycles. The molecule has 2 N–H and O–H groups in total. The second-order valence-electron chi connectivity index (χ2n) is 8.90. The second-order valence-corrected chi connectivity index (χ2v) is 9.46. The van der Waals surface area contributed by atoms with Crippen LogP contribution in [-0.2, 0) is 0 Å². The molecule has 3 heteroatoms. The smallest absolute Gasteiger partial charge is 0.0760 e. The van der Waals surface area contributed by atoms with Crippen LogP contribution in [0.15, 0.2) is 11.6 Å². The van der Waals surface area contributed by atoms with Gasteiger partial charge in [-0.15, -0.1) is 11.6 Å². The van der Waals surface area contributed by atoms with Crippen molar-refractivity contribution in [2.75, 3.05) is 0 Å². The lowest BCUT2D eigenvalue weighted by atomic mass is 9.48. The number of halogens is 1. The Morgan fingerprint density at radius 2 is 1.91 bits per heavy atom. The molecule has 0 aromatic rings. The van der Waals surface area contributed by atoms with Crippen LogP contribution < -0.4 is 0 Å². The third-order valence-corrected chi connectivity index (χ3v) is 8.43. The largest absolute Gasteiger partial charge is 0.393 e. The van der Waals surface area contributed by atoms with Crippen molar-refractivity contribution in [3.05, 3.63) is 11.6 Å². The molecule has 3 saturated carbocycles. The number of hydrogen-bond donors (Lipinski definition) is 2. The first-order chi connectivity index (χ1) is 10.4.